The van der Waals surface area contributed by atoms with Gasteiger partial charge in [0.1, 0.15) is 31.6 Å². The first-order valence-electron chi connectivity index (χ1n) is 8.81. The molecular formula is C21H22N4O3. The molecule has 0 bridgehead atoms. The summed E-state index contributed by atoms with van der Waals surface area (Å²) in [5, 5.41) is 11.6. The summed E-state index contributed by atoms with van der Waals surface area (Å²) in [6, 6.07) is 13.5. The van der Waals surface area contributed by atoms with Gasteiger partial charge in [-0.05, 0) is 41.8 Å². The van der Waals surface area contributed by atoms with Crippen LogP contribution in [0.25, 0.3) is 0 Å². The van der Waals surface area contributed by atoms with Gasteiger partial charge in [-0.3, -0.25) is 0 Å². The van der Waals surface area contributed by atoms with E-state index in [0.29, 0.717) is 24.7 Å². The summed E-state index contributed by atoms with van der Waals surface area (Å²) in [4.78, 5) is 0. The van der Waals surface area contributed by atoms with Crippen LogP contribution < -0.4 is 14.2 Å². The van der Waals surface area contributed by atoms with Gasteiger partial charge in [-0.15, -0.1) is 16.8 Å². The molecule has 0 aliphatic carbocycles. The van der Waals surface area contributed by atoms with Crippen LogP contribution >= 0.6 is 0 Å². The quantitative estimate of drug-likeness (QED) is 0.307. The summed E-state index contributed by atoms with van der Waals surface area (Å²) < 4.78 is 18.6. The Bertz CT molecular complexity index is 923. The summed E-state index contributed by atoms with van der Waals surface area (Å²) in [5.74, 6) is 2.12. The van der Waals surface area contributed by atoms with Gasteiger partial charge in [0, 0.05) is 0 Å². The molecule has 2 aromatic carbocycles. The molecule has 1 aromatic heterocycles. The minimum absolute atomic E-state index is 0.396. The summed E-state index contributed by atoms with van der Waals surface area (Å²) in [7, 11) is 1.60. The maximum absolute atomic E-state index is 5.84. The Morgan fingerprint density at radius 2 is 1.75 bits per heavy atom. The number of ether oxygens (including phenoxy) is 3. The summed E-state index contributed by atoms with van der Waals surface area (Å²) in [6.45, 7) is 4.60. The lowest BCUT2D eigenvalue weighted by Gasteiger charge is -2.13. The SMILES string of the molecule is C=CCc1ccccc1OCCOc1ccc(C=Nn2cnnc2)cc1OC. The second kappa shape index (κ2) is 9.91. The molecule has 0 saturated carbocycles. The fraction of sp³-hybridized carbons (Fsp3) is 0.190. The third kappa shape index (κ3) is 5.20. The second-order valence-electron chi connectivity index (χ2n) is 5.79. The number of rotatable bonds is 10. The predicted octanol–water partition coefficient (Wildman–Crippen LogP) is 3.36. The highest BCUT2D eigenvalue weighted by atomic mass is 16.5. The van der Waals surface area contributed by atoms with Crippen LogP contribution in [-0.2, 0) is 6.42 Å². The highest BCUT2D eigenvalue weighted by molar-refractivity contribution is 5.80. The van der Waals surface area contributed by atoms with Crippen LogP contribution in [0.3, 0.4) is 0 Å². The van der Waals surface area contributed by atoms with E-state index >= 15 is 0 Å². The van der Waals surface area contributed by atoms with E-state index in [1.807, 2.05) is 48.5 Å². The van der Waals surface area contributed by atoms with Crippen molar-refractivity contribution in [3.05, 3.63) is 78.9 Å². The van der Waals surface area contributed by atoms with Gasteiger partial charge >= 0.3 is 0 Å². The van der Waals surface area contributed by atoms with E-state index in [0.717, 1.165) is 23.3 Å². The largest absolute Gasteiger partial charge is 0.493 e. The van der Waals surface area contributed by atoms with Crippen LogP contribution in [0.4, 0.5) is 0 Å². The van der Waals surface area contributed by atoms with Crippen molar-refractivity contribution in [2.24, 2.45) is 5.10 Å². The zero-order valence-electron chi connectivity index (χ0n) is 15.7. The van der Waals surface area contributed by atoms with Gasteiger partial charge in [-0.2, -0.15) is 5.10 Å². The number of aromatic nitrogens is 3. The van der Waals surface area contributed by atoms with Crippen molar-refractivity contribution in [1.29, 1.82) is 0 Å². The zero-order valence-corrected chi connectivity index (χ0v) is 15.7. The minimum atomic E-state index is 0.396. The number of methoxy groups -OCH3 is 1. The van der Waals surface area contributed by atoms with E-state index in [4.69, 9.17) is 14.2 Å². The third-order valence-corrected chi connectivity index (χ3v) is 3.87. The van der Waals surface area contributed by atoms with Gasteiger partial charge in [-0.25, -0.2) is 4.68 Å². The molecule has 0 aliphatic rings. The van der Waals surface area contributed by atoms with Crippen LogP contribution in [0.15, 0.2) is 72.9 Å². The molecule has 144 valence electrons. The van der Waals surface area contributed by atoms with Crippen molar-refractivity contribution in [3.8, 4) is 17.2 Å². The predicted molar refractivity (Wildman–Crippen MR) is 107 cm³/mol. The molecule has 28 heavy (non-hydrogen) atoms. The van der Waals surface area contributed by atoms with Crippen LogP contribution in [0.1, 0.15) is 11.1 Å². The monoisotopic (exact) mass is 378 g/mol. The standard InChI is InChI=1S/C21H22N4O3/c1-3-6-18-7-4-5-8-19(18)27-11-12-28-20-10-9-17(13-21(20)26-2)14-24-25-15-22-23-16-25/h3-5,7-10,13-16H,1,6,11-12H2,2H3. The molecule has 3 rings (SSSR count). The Balaban J connectivity index is 1.56. The maximum Gasteiger partial charge on any atom is 0.161 e. The Kier molecular flexibility index (Phi) is 6.78. The minimum Gasteiger partial charge on any atom is -0.493 e. The highest BCUT2D eigenvalue weighted by Crippen LogP contribution is 2.27. The van der Waals surface area contributed by atoms with E-state index in [1.165, 1.54) is 17.3 Å². The first-order chi connectivity index (χ1) is 13.8. The number of hydrogen-bond acceptors (Lipinski definition) is 6. The molecule has 0 saturated heterocycles. The Morgan fingerprint density at radius 1 is 1.00 bits per heavy atom. The maximum atomic E-state index is 5.84. The van der Waals surface area contributed by atoms with Gasteiger partial charge in [0.05, 0.1) is 13.3 Å². The molecule has 1 heterocycles. The van der Waals surface area contributed by atoms with E-state index < -0.39 is 0 Å². The summed E-state index contributed by atoms with van der Waals surface area (Å²) >= 11 is 0. The van der Waals surface area contributed by atoms with Crippen molar-refractivity contribution in [3.63, 3.8) is 0 Å². The third-order valence-electron chi connectivity index (χ3n) is 3.87. The molecule has 0 radical (unpaired) electrons. The van der Waals surface area contributed by atoms with E-state index in [9.17, 15) is 0 Å². The molecule has 0 unspecified atom stereocenters. The average Bonchev–Trinajstić information content (AvgIpc) is 3.25. The highest BCUT2D eigenvalue weighted by Gasteiger charge is 2.06. The van der Waals surface area contributed by atoms with E-state index in [-0.39, 0.29) is 0 Å². The number of hydrogen-bond donors (Lipinski definition) is 0. The lowest BCUT2D eigenvalue weighted by atomic mass is 10.1. The van der Waals surface area contributed by atoms with Crippen molar-refractivity contribution < 1.29 is 14.2 Å². The molecule has 7 nitrogen and oxygen atoms in total. The van der Waals surface area contributed by atoms with E-state index in [1.54, 1.807) is 13.3 Å². The first-order valence-corrected chi connectivity index (χ1v) is 8.81. The Morgan fingerprint density at radius 3 is 2.50 bits per heavy atom. The number of allylic oxidation sites excluding steroid dienone is 1. The molecule has 0 atom stereocenters. The van der Waals surface area contributed by atoms with Gasteiger partial charge in [0.2, 0.25) is 0 Å². The van der Waals surface area contributed by atoms with Crippen molar-refractivity contribution >= 4 is 6.21 Å². The van der Waals surface area contributed by atoms with E-state index in [2.05, 4.69) is 21.9 Å². The van der Waals surface area contributed by atoms with Gasteiger partial charge < -0.3 is 14.2 Å². The number of para-hydroxylation sites is 1. The van der Waals surface area contributed by atoms with Crippen LogP contribution in [0.5, 0.6) is 17.2 Å². The number of benzene rings is 2. The topological polar surface area (TPSA) is 70.8 Å². The average molecular weight is 378 g/mol. The second-order valence-corrected chi connectivity index (χ2v) is 5.79. The van der Waals surface area contributed by atoms with Crippen LogP contribution in [0.2, 0.25) is 0 Å². The van der Waals surface area contributed by atoms with Crippen molar-refractivity contribution in [2.45, 2.75) is 6.42 Å². The normalized spacial score (nSPS) is 10.8. The van der Waals surface area contributed by atoms with Crippen molar-refractivity contribution in [1.82, 2.24) is 14.9 Å². The first kappa shape index (κ1) is 19.2. The number of nitrogens with zero attached hydrogens (tertiary/aromatic N) is 4. The summed E-state index contributed by atoms with van der Waals surface area (Å²) in [5.41, 5.74) is 1.97. The lowest BCUT2D eigenvalue weighted by molar-refractivity contribution is 0.210. The fourth-order valence-corrected chi connectivity index (χ4v) is 2.54. The molecule has 0 N–H and O–H groups in total. The molecule has 0 spiro atoms. The van der Waals surface area contributed by atoms with Gasteiger partial charge in [0.15, 0.2) is 11.5 Å². The Labute approximate surface area is 163 Å². The fourth-order valence-electron chi connectivity index (χ4n) is 2.54. The van der Waals surface area contributed by atoms with Crippen LogP contribution in [-0.4, -0.2) is 41.4 Å². The Hall–Kier alpha value is -3.61. The molecule has 0 aliphatic heterocycles. The molecule has 0 fully saturated rings. The smallest absolute Gasteiger partial charge is 0.161 e. The van der Waals surface area contributed by atoms with Crippen LogP contribution in [0, 0.1) is 0 Å². The molecule has 3 aromatic rings. The van der Waals surface area contributed by atoms with Gasteiger partial charge in [-0.1, -0.05) is 24.3 Å². The van der Waals surface area contributed by atoms with Crippen molar-refractivity contribution in [2.75, 3.05) is 20.3 Å². The van der Waals surface area contributed by atoms with Gasteiger partial charge in [0.25, 0.3) is 0 Å². The summed E-state index contributed by atoms with van der Waals surface area (Å²) in [6.07, 6.45) is 7.34. The molecular weight excluding hydrogens is 356 g/mol. The molecule has 0 amide bonds. The zero-order chi connectivity index (χ0) is 19.6. The lowest BCUT2D eigenvalue weighted by Crippen LogP contribution is -2.10. The molecule has 7 heteroatoms.